The van der Waals surface area contributed by atoms with Crippen LogP contribution in [0.1, 0.15) is 51.3 Å². The highest BCUT2D eigenvalue weighted by atomic mass is 35.5. The predicted octanol–water partition coefficient (Wildman–Crippen LogP) is 5.47. The van der Waals surface area contributed by atoms with E-state index in [1.165, 1.54) is 4.68 Å². The largest absolute Gasteiger partial charge is 0.347 e. The molecule has 3 aromatic carbocycles. The number of carbonyl (C=O) groups excluding carboxylic acids is 1. The van der Waals surface area contributed by atoms with Gasteiger partial charge in [0.1, 0.15) is 5.54 Å². The summed E-state index contributed by atoms with van der Waals surface area (Å²) < 4.78 is 3.03. The number of hydrogen-bond acceptors (Lipinski definition) is 3. The molecule has 1 aliphatic carbocycles. The number of hydrogen-bond donors (Lipinski definition) is 1. The van der Waals surface area contributed by atoms with Crippen LogP contribution in [0, 0.1) is 0 Å². The Morgan fingerprint density at radius 2 is 1.74 bits per heavy atom. The number of rotatable bonds is 6. The van der Waals surface area contributed by atoms with Crippen molar-refractivity contribution in [2.75, 3.05) is 0 Å². The number of nitrogens with zero attached hydrogens (tertiary/aromatic N) is 3. The van der Waals surface area contributed by atoms with Crippen LogP contribution >= 0.6 is 11.6 Å². The molecule has 34 heavy (non-hydrogen) atoms. The van der Waals surface area contributed by atoms with Crippen LogP contribution in [0.4, 0.5) is 0 Å². The molecule has 1 fully saturated rings. The Morgan fingerprint density at radius 3 is 2.44 bits per heavy atom. The van der Waals surface area contributed by atoms with Crippen molar-refractivity contribution in [1.29, 1.82) is 0 Å². The quantitative estimate of drug-likeness (QED) is 0.403. The lowest BCUT2D eigenvalue weighted by Crippen LogP contribution is -2.49. The lowest BCUT2D eigenvalue weighted by molar-refractivity contribution is -0.129. The van der Waals surface area contributed by atoms with Crippen molar-refractivity contribution in [2.45, 2.75) is 51.2 Å². The third-order valence-corrected chi connectivity index (χ3v) is 6.80. The average molecular weight is 475 g/mol. The minimum absolute atomic E-state index is 0.111. The molecule has 5 rings (SSSR count). The second-order valence-electron chi connectivity index (χ2n) is 9.45. The lowest BCUT2D eigenvalue weighted by Gasteiger charge is -2.26. The van der Waals surface area contributed by atoms with Crippen molar-refractivity contribution in [1.82, 2.24) is 19.7 Å². The lowest BCUT2D eigenvalue weighted by atomic mass is 9.98. The molecule has 6 nitrogen and oxygen atoms in total. The molecule has 1 saturated carbocycles. The molecule has 1 N–H and O–H groups in total. The first kappa shape index (κ1) is 22.4. The van der Waals surface area contributed by atoms with Gasteiger partial charge in [0.25, 0.3) is 0 Å². The Bertz CT molecular complexity index is 1430. The maximum atomic E-state index is 13.5. The third kappa shape index (κ3) is 3.92. The molecule has 1 aromatic heterocycles. The fourth-order valence-electron chi connectivity index (χ4n) is 4.38. The van der Waals surface area contributed by atoms with Gasteiger partial charge in [-0.05, 0) is 74.2 Å². The average Bonchev–Trinajstić information content (AvgIpc) is 3.60. The highest BCUT2D eigenvalue weighted by molar-refractivity contribution is 6.30. The van der Waals surface area contributed by atoms with E-state index in [9.17, 15) is 9.59 Å². The van der Waals surface area contributed by atoms with E-state index >= 15 is 0 Å². The van der Waals surface area contributed by atoms with Crippen LogP contribution in [0.5, 0.6) is 0 Å². The maximum absolute atomic E-state index is 13.5. The van der Waals surface area contributed by atoms with Gasteiger partial charge in [-0.25, -0.2) is 4.79 Å². The van der Waals surface area contributed by atoms with E-state index < -0.39 is 5.54 Å². The Kier molecular flexibility index (Phi) is 5.56. The van der Waals surface area contributed by atoms with Crippen molar-refractivity contribution >= 4 is 28.3 Å². The molecule has 174 valence electrons. The minimum atomic E-state index is -1.18. The molecule has 1 atom stereocenters. The minimum Gasteiger partial charge on any atom is -0.347 e. The predicted molar refractivity (Wildman–Crippen MR) is 135 cm³/mol. The van der Waals surface area contributed by atoms with Crippen molar-refractivity contribution in [2.24, 2.45) is 0 Å². The first-order valence-corrected chi connectivity index (χ1v) is 11.9. The van der Waals surface area contributed by atoms with Crippen LogP contribution in [0.15, 0.2) is 71.5 Å². The molecule has 7 heteroatoms. The highest BCUT2D eigenvalue weighted by Gasteiger charge is 2.38. The Hall–Kier alpha value is -3.38. The van der Waals surface area contributed by atoms with E-state index in [1.54, 1.807) is 30.5 Å². The van der Waals surface area contributed by atoms with Crippen LogP contribution in [0.3, 0.4) is 0 Å². The number of amides is 1. The zero-order chi connectivity index (χ0) is 24.0. The molecule has 1 amide bonds. The van der Waals surface area contributed by atoms with Gasteiger partial charge < -0.3 is 5.32 Å². The molecule has 0 radical (unpaired) electrons. The zero-order valence-electron chi connectivity index (χ0n) is 19.5. The SMILES string of the molecule is C[C@H](NC(=O)C(C)(C)n1nc(-c2ccc(Cl)cc2)n(C2CC2)c1=O)c1cccc2ccccc12. The fraction of sp³-hybridized carbons (Fsp3) is 0.296. The number of halogens is 1. The summed E-state index contributed by atoms with van der Waals surface area (Å²) in [7, 11) is 0. The number of fused-ring (bicyclic) bond motifs is 1. The van der Waals surface area contributed by atoms with Gasteiger partial charge in [0.2, 0.25) is 5.91 Å². The van der Waals surface area contributed by atoms with Gasteiger partial charge in [-0.15, -0.1) is 5.10 Å². The van der Waals surface area contributed by atoms with E-state index in [2.05, 4.69) is 28.6 Å². The second kappa shape index (κ2) is 8.44. The number of aromatic nitrogens is 3. The van der Waals surface area contributed by atoms with Gasteiger partial charge in [0.05, 0.1) is 6.04 Å². The summed E-state index contributed by atoms with van der Waals surface area (Å²) in [6.45, 7) is 5.42. The van der Waals surface area contributed by atoms with Gasteiger partial charge in [0.15, 0.2) is 5.82 Å². The van der Waals surface area contributed by atoms with Crippen LogP contribution in [0.2, 0.25) is 5.02 Å². The van der Waals surface area contributed by atoms with Crippen LogP contribution in [-0.4, -0.2) is 20.3 Å². The molecule has 4 aromatic rings. The number of carbonyl (C=O) groups is 1. The van der Waals surface area contributed by atoms with Crippen molar-refractivity contribution in [3.63, 3.8) is 0 Å². The second-order valence-corrected chi connectivity index (χ2v) is 9.89. The third-order valence-electron chi connectivity index (χ3n) is 6.55. The summed E-state index contributed by atoms with van der Waals surface area (Å²) >= 11 is 6.05. The van der Waals surface area contributed by atoms with E-state index in [1.807, 2.05) is 43.3 Å². The standard InChI is InChI=1S/C27H27ClN4O2/c1-17(22-10-6-8-18-7-4-5-9-23(18)22)29-25(33)27(2,3)32-26(34)31(21-15-16-21)24(30-32)19-11-13-20(28)14-12-19/h4-14,17,21H,15-16H2,1-3H3,(H,29,33)/t17-/m0/s1. The maximum Gasteiger partial charge on any atom is 0.347 e. The Labute approximate surface area is 203 Å². The summed E-state index contributed by atoms with van der Waals surface area (Å²) in [5, 5.41) is 10.6. The summed E-state index contributed by atoms with van der Waals surface area (Å²) in [4.78, 5) is 26.9. The van der Waals surface area contributed by atoms with Crippen molar-refractivity contribution < 1.29 is 4.79 Å². The first-order valence-electron chi connectivity index (χ1n) is 11.5. The van der Waals surface area contributed by atoms with Gasteiger partial charge >= 0.3 is 5.69 Å². The smallest absolute Gasteiger partial charge is 0.347 e. The Balaban J connectivity index is 1.48. The molecule has 0 aliphatic heterocycles. The van der Waals surface area contributed by atoms with E-state index in [0.29, 0.717) is 10.8 Å². The topological polar surface area (TPSA) is 68.9 Å². The number of benzene rings is 3. The number of nitrogens with one attached hydrogen (secondary N) is 1. The first-order chi connectivity index (χ1) is 16.3. The van der Waals surface area contributed by atoms with Crippen LogP contribution in [0.25, 0.3) is 22.2 Å². The summed E-state index contributed by atoms with van der Waals surface area (Å²) in [6, 6.07) is 21.3. The van der Waals surface area contributed by atoms with Gasteiger partial charge in [-0.1, -0.05) is 54.1 Å². The summed E-state index contributed by atoms with van der Waals surface area (Å²) in [5.74, 6) is 0.297. The van der Waals surface area contributed by atoms with E-state index in [-0.39, 0.29) is 23.7 Å². The van der Waals surface area contributed by atoms with E-state index in [4.69, 9.17) is 11.6 Å². The van der Waals surface area contributed by atoms with Crippen molar-refractivity contribution in [3.8, 4) is 11.4 Å². The zero-order valence-corrected chi connectivity index (χ0v) is 20.2. The molecule has 0 spiro atoms. The Morgan fingerprint density at radius 1 is 1.06 bits per heavy atom. The normalized spacial score (nSPS) is 14.8. The van der Waals surface area contributed by atoms with Crippen LogP contribution in [-0.2, 0) is 10.3 Å². The molecular formula is C27H27ClN4O2. The highest BCUT2D eigenvalue weighted by Crippen LogP contribution is 2.37. The molecule has 0 unspecified atom stereocenters. The molecule has 0 saturated heterocycles. The fourth-order valence-corrected chi connectivity index (χ4v) is 4.50. The molecule has 0 bridgehead atoms. The van der Waals surface area contributed by atoms with Crippen molar-refractivity contribution in [3.05, 3.63) is 87.8 Å². The molecule has 1 heterocycles. The monoisotopic (exact) mass is 474 g/mol. The van der Waals surface area contributed by atoms with Gasteiger partial charge in [-0.3, -0.25) is 9.36 Å². The van der Waals surface area contributed by atoms with Gasteiger partial charge in [-0.2, -0.15) is 4.68 Å². The van der Waals surface area contributed by atoms with Crippen LogP contribution < -0.4 is 11.0 Å². The molecular weight excluding hydrogens is 448 g/mol. The summed E-state index contributed by atoms with van der Waals surface area (Å²) in [5.41, 5.74) is 0.370. The van der Waals surface area contributed by atoms with Gasteiger partial charge in [0, 0.05) is 16.6 Å². The van der Waals surface area contributed by atoms with E-state index in [0.717, 1.165) is 34.7 Å². The summed E-state index contributed by atoms with van der Waals surface area (Å²) in [6.07, 6.45) is 1.86. The molecule has 1 aliphatic rings.